The highest BCUT2D eigenvalue weighted by Crippen LogP contribution is 2.33. The standard InChI is InChI=1S/C18H22ClNO/c1-5-20-18(14-9-12(2)8-13(3)10-14)16-11-15(19)6-7-17(16)21-4/h6-11,18,20H,5H2,1-4H3. The van der Waals surface area contributed by atoms with Crippen molar-refractivity contribution in [3.05, 3.63) is 63.7 Å². The quantitative estimate of drug-likeness (QED) is 0.867. The summed E-state index contributed by atoms with van der Waals surface area (Å²) in [6.45, 7) is 7.21. The van der Waals surface area contributed by atoms with Gasteiger partial charge in [0.05, 0.1) is 13.2 Å². The third-order valence-electron chi connectivity index (χ3n) is 3.49. The lowest BCUT2D eigenvalue weighted by atomic mass is 9.95. The minimum Gasteiger partial charge on any atom is -0.496 e. The Bertz CT molecular complexity index is 604. The predicted molar refractivity (Wildman–Crippen MR) is 89.4 cm³/mol. The van der Waals surface area contributed by atoms with Crippen LogP contribution in [0.2, 0.25) is 5.02 Å². The van der Waals surface area contributed by atoms with Gasteiger partial charge in [-0.1, -0.05) is 47.9 Å². The Morgan fingerprint density at radius 3 is 2.33 bits per heavy atom. The molecule has 0 aliphatic heterocycles. The van der Waals surface area contributed by atoms with Crippen LogP contribution in [0.3, 0.4) is 0 Å². The molecule has 0 aliphatic carbocycles. The molecule has 0 spiro atoms. The largest absolute Gasteiger partial charge is 0.496 e. The van der Waals surface area contributed by atoms with Crippen LogP contribution in [-0.2, 0) is 0 Å². The van der Waals surface area contributed by atoms with Gasteiger partial charge in [0.15, 0.2) is 0 Å². The van der Waals surface area contributed by atoms with Gasteiger partial charge in [0.25, 0.3) is 0 Å². The van der Waals surface area contributed by atoms with Crippen LogP contribution in [0.1, 0.15) is 35.2 Å². The zero-order chi connectivity index (χ0) is 15.4. The number of hydrogen-bond donors (Lipinski definition) is 1. The van der Waals surface area contributed by atoms with E-state index in [1.807, 2.05) is 18.2 Å². The van der Waals surface area contributed by atoms with Crippen LogP contribution >= 0.6 is 11.6 Å². The van der Waals surface area contributed by atoms with E-state index in [4.69, 9.17) is 16.3 Å². The number of nitrogens with one attached hydrogen (secondary N) is 1. The minimum atomic E-state index is 0.0715. The van der Waals surface area contributed by atoms with E-state index >= 15 is 0 Å². The molecule has 0 amide bonds. The van der Waals surface area contributed by atoms with E-state index in [9.17, 15) is 0 Å². The van der Waals surface area contributed by atoms with Crippen molar-refractivity contribution in [2.45, 2.75) is 26.8 Å². The Balaban J connectivity index is 2.55. The topological polar surface area (TPSA) is 21.3 Å². The molecule has 0 radical (unpaired) electrons. The second-order valence-electron chi connectivity index (χ2n) is 5.30. The number of methoxy groups -OCH3 is 1. The van der Waals surface area contributed by atoms with Crippen LogP contribution < -0.4 is 10.1 Å². The molecule has 2 aromatic carbocycles. The third kappa shape index (κ3) is 3.78. The molecule has 21 heavy (non-hydrogen) atoms. The van der Waals surface area contributed by atoms with Gasteiger partial charge >= 0.3 is 0 Å². The summed E-state index contributed by atoms with van der Waals surface area (Å²) in [5.74, 6) is 0.851. The third-order valence-corrected chi connectivity index (χ3v) is 3.72. The number of rotatable bonds is 5. The molecule has 0 saturated carbocycles. The summed E-state index contributed by atoms with van der Waals surface area (Å²) in [6.07, 6.45) is 0. The van der Waals surface area contributed by atoms with Gasteiger partial charge in [0.1, 0.15) is 5.75 Å². The Morgan fingerprint density at radius 1 is 1.10 bits per heavy atom. The molecule has 1 unspecified atom stereocenters. The second kappa shape index (κ2) is 6.97. The van der Waals surface area contributed by atoms with Crippen molar-refractivity contribution in [2.75, 3.05) is 13.7 Å². The average Bonchev–Trinajstić information content (AvgIpc) is 2.43. The minimum absolute atomic E-state index is 0.0715. The molecule has 0 fully saturated rings. The van der Waals surface area contributed by atoms with E-state index in [1.165, 1.54) is 16.7 Å². The highest BCUT2D eigenvalue weighted by Gasteiger charge is 2.18. The zero-order valence-electron chi connectivity index (χ0n) is 13.0. The van der Waals surface area contributed by atoms with E-state index in [-0.39, 0.29) is 6.04 Å². The Labute approximate surface area is 132 Å². The number of benzene rings is 2. The zero-order valence-corrected chi connectivity index (χ0v) is 13.8. The summed E-state index contributed by atoms with van der Waals surface area (Å²) >= 11 is 6.18. The molecule has 2 rings (SSSR count). The summed E-state index contributed by atoms with van der Waals surface area (Å²) in [5, 5.41) is 4.25. The van der Waals surface area contributed by atoms with Crippen LogP contribution in [-0.4, -0.2) is 13.7 Å². The molecule has 0 saturated heterocycles. The van der Waals surface area contributed by atoms with Gasteiger partial charge in [-0.3, -0.25) is 0 Å². The van der Waals surface area contributed by atoms with Crippen molar-refractivity contribution in [2.24, 2.45) is 0 Å². The fraction of sp³-hybridized carbons (Fsp3) is 0.333. The normalized spacial score (nSPS) is 12.2. The van der Waals surface area contributed by atoms with Crippen molar-refractivity contribution in [3.63, 3.8) is 0 Å². The van der Waals surface area contributed by atoms with E-state index in [2.05, 4.69) is 44.3 Å². The lowest BCUT2D eigenvalue weighted by Gasteiger charge is -2.22. The Hall–Kier alpha value is -1.51. The molecule has 112 valence electrons. The Kier molecular flexibility index (Phi) is 5.27. The first-order valence-corrected chi connectivity index (χ1v) is 7.58. The number of ether oxygens (including phenoxy) is 1. The number of aryl methyl sites for hydroxylation is 2. The summed E-state index contributed by atoms with van der Waals surface area (Å²) in [6, 6.07) is 12.4. The molecule has 1 N–H and O–H groups in total. The van der Waals surface area contributed by atoms with Gasteiger partial charge in [-0.05, 0) is 44.2 Å². The molecule has 0 heterocycles. The first-order chi connectivity index (χ1) is 10.0. The maximum Gasteiger partial charge on any atom is 0.124 e. The SMILES string of the molecule is CCNC(c1cc(C)cc(C)c1)c1cc(Cl)ccc1OC. The van der Waals surface area contributed by atoms with E-state index in [0.717, 1.165) is 22.9 Å². The van der Waals surface area contributed by atoms with Crippen LogP contribution in [0.5, 0.6) is 5.75 Å². The highest BCUT2D eigenvalue weighted by molar-refractivity contribution is 6.30. The van der Waals surface area contributed by atoms with Crippen molar-refractivity contribution in [1.29, 1.82) is 0 Å². The van der Waals surface area contributed by atoms with E-state index in [1.54, 1.807) is 7.11 Å². The molecule has 0 aromatic heterocycles. The fourth-order valence-electron chi connectivity index (χ4n) is 2.72. The molecular formula is C18H22ClNO. The van der Waals surface area contributed by atoms with Crippen LogP contribution in [0.25, 0.3) is 0 Å². The summed E-state index contributed by atoms with van der Waals surface area (Å²) < 4.78 is 5.51. The molecule has 0 aliphatic rings. The predicted octanol–water partition coefficient (Wildman–Crippen LogP) is 4.66. The van der Waals surface area contributed by atoms with Gasteiger partial charge in [-0.25, -0.2) is 0 Å². The summed E-state index contributed by atoms with van der Waals surface area (Å²) in [7, 11) is 1.69. The molecule has 1 atom stereocenters. The maximum atomic E-state index is 6.18. The molecule has 0 bridgehead atoms. The maximum absolute atomic E-state index is 6.18. The van der Waals surface area contributed by atoms with E-state index < -0.39 is 0 Å². The second-order valence-corrected chi connectivity index (χ2v) is 5.73. The molecule has 2 nitrogen and oxygen atoms in total. The fourth-order valence-corrected chi connectivity index (χ4v) is 2.90. The molecule has 3 heteroatoms. The monoisotopic (exact) mass is 303 g/mol. The van der Waals surface area contributed by atoms with Gasteiger partial charge in [0.2, 0.25) is 0 Å². The van der Waals surface area contributed by atoms with Gasteiger partial charge in [0, 0.05) is 10.6 Å². The average molecular weight is 304 g/mol. The summed E-state index contributed by atoms with van der Waals surface area (Å²) in [4.78, 5) is 0. The Morgan fingerprint density at radius 2 is 1.76 bits per heavy atom. The van der Waals surface area contributed by atoms with Crippen molar-refractivity contribution in [1.82, 2.24) is 5.32 Å². The van der Waals surface area contributed by atoms with Crippen LogP contribution in [0.15, 0.2) is 36.4 Å². The lowest BCUT2D eigenvalue weighted by molar-refractivity contribution is 0.404. The number of hydrogen-bond acceptors (Lipinski definition) is 2. The lowest BCUT2D eigenvalue weighted by Crippen LogP contribution is -2.22. The van der Waals surface area contributed by atoms with Crippen molar-refractivity contribution in [3.8, 4) is 5.75 Å². The number of halogens is 1. The smallest absolute Gasteiger partial charge is 0.124 e. The summed E-state index contributed by atoms with van der Waals surface area (Å²) in [5.41, 5.74) is 4.81. The van der Waals surface area contributed by atoms with Crippen LogP contribution in [0.4, 0.5) is 0 Å². The van der Waals surface area contributed by atoms with Gasteiger partial charge in [-0.2, -0.15) is 0 Å². The first-order valence-electron chi connectivity index (χ1n) is 7.20. The molecule has 2 aromatic rings. The molecular weight excluding hydrogens is 282 g/mol. The van der Waals surface area contributed by atoms with E-state index in [0.29, 0.717) is 0 Å². The van der Waals surface area contributed by atoms with Gasteiger partial charge < -0.3 is 10.1 Å². The van der Waals surface area contributed by atoms with Crippen molar-refractivity contribution >= 4 is 11.6 Å². The highest BCUT2D eigenvalue weighted by atomic mass is 35.5. The van der Waals surface area contributed by atoms with Gasteiger partial charge in [-0.15, -0.1) is 0 Å². The van der Waals surface area contributed by atoms with Crippen molar-refractivity contribution < 1.29 is 4.74 Å². The van der Waals surface area contributed by atoms with Crippen LogP contribution in [0, 0.1) is 13.8 Å². The first kappa shape index (κ1) is 15.9.